The lowest BCUT2D eigenvalue weighted by Gasteiger charge is -2.09. The summed E-state index contributed by atoms with van der Waals surface area (Å²) in [5.41, 5.74) is 0.735. The van der Waals surface area contributed by atoms with Crippen molar-refractivity contribution in [2.24, 2.45) is 0 Å². The van der Waals surface area contributed by atoms with Crippen LogP contribution in [0.25, 0.3) is 0 Å². The molecule has 0 aliphatic heterocycles. The third-order valence-electron chi connectivity index (χ3n) is 2.81. The van der Waals surface area contributed by atoms with E-state index in [2.05, 4.69) is 0 Å². The Kier molecular flexibility index (Phi) is 4.60. The Hall–Kier alpha value is -2.05. The second-order valence-corrected chi connectivity index (χ2v) is 4.19. The lowest BCUT2D eigenvalue weighted by molar-refractivity contribution is 0.304. The van der Waals surface area contributed by atoms with Gasteiger partial charge in [-0.05, 0) is 23.8 Å². The van der Waals surface area contributed by atoms with Crippen LogP contribution >= 0.6 is 0 Å². The van der Waals surface area contributed by atoms with Crippen LogP contribution in [0.2, 0.25) is 0 Å². The predicted octanol–water partition coefficient (Wildman–Crippen LogP) is 1.09. The molecule has 0 aliphatic rings. The summed E-state index contributed by atoms with van der Waals surface area (Å²) in [7, 11) is -0.239. The summed E-state index contributed by atoms with van der Waals surface area (Å²) in [4.78, 5) is 0. The van der Waals surface area contributed by atoms with E-state index < -0.39 is 12.9 Å². The number of ether oxygens (including phenoxy) is 2. The summed E-state index contributed by atoms with van der Waals surface area (Å²) in [6.45, 7) is 0.282. The number of methoxy groups -OCH3 is 1. The molecule has 0 aliphatic carbocycles. The Morgan fingerprint density at radius 2 is 1.70 bits per heavy atom. The quantitative estimate of drug-likeness (QED) is 0.803. The number of benzene rings is 2. The topological polar surface area (TPSA) is 58.9 Å². The maximum atomic E-state index is 13.5. The maximum Gasteiger partial charge on any atom is 0.491 e. The highest BCUT2D eigenvalue weighted by molar-refractivity contribution is 6.58. The number of hydrogen-bond acceptors (Lipinski definition) is 4. The van der Waals surface area contributed by atoms with Crippen LogP contribution in [-0.2, 0) is 6.61 Å². The van der Waals surface area contributed by atoms with Crippen LogP contribution in [0.1, 0.15) is 5.56 Å². The molecule has 0 saturated heterocycles. The Morgan fingerprint density at radius 1 is 1.05 bits per heavy atom. The van der Waals surface area contributed by atoms with Gasteiger partial charge in [-0.2, -0.15) is 0 Å². The van der Waals surface area contributed by atoms with Crippen LogP contribution in [0.15, 0.2) is 42.5 Å². The van der Waals surface area contributed by atoms with E-state index in [0.717, 1.165) is 17.4 Å². The summed E-state index contributed by atoms with van der Waals surface area (Å²) in [5.74, 6) is 0.357. The van der Waals surface area contributed by atoms with Crippen molar-refractivity contribution in [2.45, 2.75) is 6.61 Å². The zero-order valence-electron chi connectivity index (χ0n) is 10.9. The van der Waals surface area contributed by atoms with Gasteiger partial charge in [0.05, 0.1) is 7.11 Å². The van der Waals surface area contributed by atoms with Crippen LogP contribution in [0, 0.1) is 5.82 Å². The maximum absolute atomic E-state index is 13.5. The molecule has 2 N–H and O–H groups in total. The standard InChI is InChI=1S/C14H14BFO4/c1-19-11-4-2-10(3-5-11)9-20-12-6-7-13(15(17)18)14(16)8-12/h2-8,17-18H,9H2,1H3. The summed E-state index contributed by atoms with van der Waals surface area (Å²) in [5, 5.41) is 17.8. The van der Waals surface area contributed by atoms with E-state index in [4.69, 9.17) is 19.5 Å². The molecule has 0 radical (unpaired) electrons. The summed E-state index contributed by atoms with van der Waals surface area (Å²) >= 11 is 0. The van der Waals surface area contributed by atoms with Crippen LogP contribution in [-0.4, -0.2) is 24.3 Å². The molecule has 2 aromatic rings. The van der Waals surface area contributed by atoms with Crippen molar-refractivity contribution in [3.63, 3.8) is 0 Å². The Bertz CT molecular complexity index is 572. The van der Waals surface area contributed by atoms with Crippen molar-refractivity contribution >= 4 is 12.6 Å². The van der Waals surface area contributed by atoms with E-state index in [0.29, 0.717) is 5.75 Å². The average molecular weight is 276 g/mol. The van der Waals surface area contributed by atoms with Crippen LogP contribution in [0.4, 0.5) is 4.39 Å². The molecule has 0 unspecified atom stereocenters. The van der Waals surface area contributed by atoms with Gasteiger partial charge in [0.15, 0.2) is 0 Å². The predicted molar refractivity (Wildman–Crippen MR) is 73.6 cm³/mol. The first-order valence-electron chi connectivity index (χ1n) is 6.01. The first-order valence-corrected chi connectivity index (χ1v) is 6.01. The van der Waals surface area contributed by atoms with Crippen LogP contribution in [0.5, 0.6) is 11.5 Å². The smallest absolute Gasteiger partial charge is 0.491 e. The van der Waals surface area contributed by atoms with E-state index >= 15 is 0 Å². The largest absolute Gasteiger partial charge is 0.497 e. The van der Waals surface area contributed by atoms with Crippen molar-refractivity contribution < 1.29 is 23.9 Å². The second-order valence-electron chi connectivity index (χ2n) is 4.19. The Labute approximate surface area is 116 Å². The third-order valence-corrected chi connectivity index (χ3v) is 2.81. The second kappa shape index (κ2) is 6.41. The highest BCUT2D eigenvalue weighted by Gasteiger charge is 2.16. The molecule has 0 bridgehead atoms. The van der Waals surface area contributed by atoms with Crippen LogP contribution < -0.4 is 14.9 Å². The van der Waals surface area contributed by atoms with E-state index in [1.165, 1.54) is 12.1 Å². The molecule has 0 heterocycles. The van der Waals surface area contributed by atoms with Gasteiger partial charge in [0.25, 0.3) is 0 Å². The van der Waals surface area contributed by atoms with Gasteiger partial charge in [-0.25, -0.2) is 4.39 Å². The molecule has 0 fully saturated rings. The van der Waals surface area contributed by atoms with Gasteiger partial charge in [0, 0.05) is 11.5 Å². The zero-order chi connectivity index (χ0) is 14.5. The van der Waals surface area contributed by atoms with Crippen molar-refractivity contribution in [3.8, 4) is 11.5 Å². The third kappa shape index (κ3) is 3.49. The molecular weight excluding hydrogens is 262 g/mol. The van der Waals surface area contributed by atoms with Gasteiger partial charge in [0.2, 0.25) is 0 Å². The molecule has 104 valence electrons. The van der Waals surface area contributed by atoms with Gasteiger partial charge in [-0.15, -0.1) is 0 Å². The summed E-state index contributed by atoms with van der Waals surface area (Å²) in [6.07, 6.45) is 0. The fraction of sp³-hybridized carbons (Fsp3) is 0.143. The molecular formula is C14H14BFO4. The molecule has 20 heavy (non-hydrogen) atoms. The number of hydrogen-bond donors (Lipinski definition) is 2. The molecule has 0 atom stereocenters. The van der Waals surface area contributed by atoms with Gasteiger partial charge in [-0.1, -0.05) is 18.2 Å². The lowest BCUT2D eigenvalue weighted by atomic mass is 9.80. The van der Waals surface area contributed by atoms with E-state index in [-0.39, 0.29) is 12.1 Å². The zero-order valence-corrected chi connectivity index (χ0v) is 10.9. The molecule has 0 aromatic heterocycles. The Morgan fingerprint density at radius 3 is 2.25 bits per heavy atom. The average Bonchev–Trinajstić information content (AvgIpc) is 2.45. The fourth-order valence-corrected chi connectivity index (χ4v) is 1.70. The van der Waals surface area contributed by atoms with Gasteiger partial charge in [-0.3, -0.25) is 0 Å². The summed E-state index contributed by atoms with van der Waals surface area (Å²) in [6, 6.07) is 11.2. The molecule has 6 heteroatoms. The molecule has 0 spiro atoms. The minimum absolute atomic E-state index is 0.179. The monoisotopic (exact) mass is 276 g/mol. The number of rotatable bonds is 5. The molecule has 0 saturated carbocycles. The normalized spacial score (nSPS) is 10.2. The van der Waals surface area contributed by atoms with Crippen molar-refractivity contribution in [3.05, 3.63) is 53.8 Å². The SMILES string of the molecule is COc1ccc(COc2ccc(B(O)O)c(F)c2)cc1. The van der Waals surface area contributed by atoms with E-state index in [1.807, 2.05) is 24.3 Å². The minimum atomic E-state index is -1.83. The molecule has 0 amide bonds. The van der Waals surface area contributed by atoms with Gasteiger partial charge < -0.3 is 19.5 Å². The minimum Gasteiger partial charge on any atom is -0.497 e. The first-order chi connectivity index (χ1) is 9.60. The molecule has 2 rings (SSSR count). The lowest BCUT2D eigenvalue weighted by Crippen LogP contribution is -2.32. The van der Waals surface area contributed by atoms with Crippen molar-refractivity contribution in [2.75, 3.05) is 7.11 Å². The van der Waals surface area contributed by atoms with E-state index in [9.17, 15) is 4.39 Å². The van der Waals surface area contributed by atoms with Crippen molar-refractivity contribution in [1.29, 1.82) is 0 Å². The fourth-order valence-electron chi connectivity index (χ4n) is 1.70. The molecule has 2 aromatic carbocycles. The van der Waals surface area contributed by atoms with Crippen molar-refractivity contribution in [1.82, 2.24) is 0 Å². The highest BCUT2D eigenvalue weighted by Crippen LogP contribution is 2.15. The van der Waals surface area contributed by atoms with Gasteiger partial charge >= 0.3 is 7.12 Å². The van der Waals surface area contributed by atoms with Crippen LogP contribution in [0.3, 0.4) is 0 Å². The Balaban J connectivity index is 2.01. The highest BCUT2D eigenvalue weighted by atomic mass is 19.1. The van der Waals surface area contributed by atoms with Gasteiger partial charge in [0.1, 0.15) is 23.9 Å². The number of halogens is 1. The molecule has 4 nitrogen and oxygen atoms in total. The van der Waals surface area contributed by atoms with E-state index in [1.54, 1.807) is 7.11 Å². The summed E-state index contributed by atoms with van der Waals surface area (Å²) < 4.78 is 24.0. The first kappa shape index (κ1) is 14.4.